The third-order valence-corrected chi connectivity index (χ3v) is 6.52. The number of ketones is 1. The van der Waals surface area contributed by atoms with Gasteiger partial charge in [0.1, 0.15) is 11.6 Å². The Morgan fingerprint density at radius 3 is 2.24 bits per heavy atom. The van der Waals surface area contributed by atoms with Crippen LogP contribution in [0.1, 0.15) is 19.4 Å². The second kappa shape index (κ2) is 12.8. The molecule has 0 atom stereocenters. The van der Waals surface area contributed by atoms with Crippen molar-refractivity contribution in [3.8, 4) is 28.5 Å². The summed E-state index contributed by atoms with van der Waals surface area (Å²) in [5, 5.41) is 23.7. The van der Waals surface area contributed by atoms with E-state index in [2.05, 4.69) is 17.1 Å². The summed E-state index contributed by atoms with van der Waals surface area (Å²) in [7, 11) is 0. The summed E-state index contributed by atoms with van der Waals surface area (Å²) in [5.74, 6) is -1.27. The van der Waals surface area contributed by atoms with Gasteiger partial charge in [0.15, 0.2) is 5.78 Å². The fraction of sp³-hybridized carbons (Fsp3) is 0.0571. The monoisotopic (exact) mass is 734 g/mol. The van der Waals surface area contributed by atoms with Crippen molar-refractivity contribution in [1.29, 1.82) is 5.26 Å². The van der Waals surface area contributed by atoms with E-state index in [4.69, 9.17) is 5.11 Å². The number of aliphatic hydroxyl groups is 1. The molecule has 0 spiro atoms. The number of rotatable bonds is 3. The van der Waals surface area contributed by atoms with Gasteiger partial charge in [0, 0.05) is 44.1 Å². The number of aliphatic hydroxyl groups excluding tert-OH is 1. The second-order valence-corrected chi connectivity index (χ2v) is 9.56. The van der Waals surface area contributed by atoms with Crippen LogP contribution in [0, 0.1) is 29.0 Å². The molecule has 0 fully saturated rings. The van der Waals surface area contributed by atoms with E-state index in [0.717, 1.165) is 55.2 Å². The van der Waals surface area contributed by atoms with E-state index in [0.29, 0.717) is 11.1 Å². The zero-order valence-electron chi connectivity index (χ0n) is 22.6. The molecular weight excluding hydrogens is 711 g/mol. The molecule has 0 aliphatic rings. The number of nitriles is 1. The van der Waals surface area contributed by atoms with E-state index in [1.165, 1.54) is 32.1 Å². The van der Waals surface area contributed by atoms with Crippen LogP contribution in [0.5, 0.6) is 0 Å². The Morgan fingerprint density at radius 2 is 1.57 bits per heavy atom. The van der Waals surface area contributed by atoms with Crippen molar-refractivity contribution in [3.05, 3.63) is 126 Å². The number of carbonyl (C=O) groups excluding carboxylic acids is 1. The normalized spacial score (nSPS) is 11.0. The maximum Gasteiger partial charge on any atom is 0.155 e. The van der Waals surface area contributed by atoms with Crippen LogP contribution in [0.15, 0.2) is 103 Å². The first-order valence-corrected chi connectivity index (χ1v) is 12.7. The molecule has 1 radical (unpaired) electrons. The Kier molecular flexibility index (Phi) is 9.22. The molecule has 209 valence electrons. The van der Waals surface area contributed by atoms with E-state index in [-0.39, 0.29) is 31.6 Å². The third-order valence-electron chi connectivity index (χ3n) is 6.52. The van der Waals surface area contributed by atoms with Gasteiger partial charge in [-0.15, -0.1) is 23.6 Å². The molecule has 0 saturated carbocycles. The number of hydrogen-bond acceptors (Lipinski definition) is 4. The fourth-order valence-electron chi connectivity index (χ4n) is 4.85. The zero-order valence-corrected chi connectivity index (χ0v) is 25.0. The minimum Gasteiger partial charge on any atom is -0.512 e. The molecule has 6 rings (SSSR count). The van der Waals surface area contributed by atoms with Gasteiger partial charge in [0.2, 0.25) is 0 Å². The smallest absolute Gasteiger partial charge is 0.155 e. The predicted molar refractivity (Wildman–Crippen MR) is 158 cm³/mol. The van der Waals surface area contributed by atoms with Gasteiger partial charge in [-0.2, -0.15) is 5.26 Å². The molecular formula is C35H23F2IrN2O2-. The van der Waals surface area contributed by atoms with Gasteiger partial charge in [0.25, 0.3) is 0 Å². The molecule has 0 saturated heterocycles. The molecule has 5 aromatic carbocycles. The summed E-state index contributed by atoms with van der Waals surface area (Å²) in [6.07, 6.45) is 2.92. The van der Waals surface area contributed by atoms with Gasteiger partial charge in [-0.3, -0.25) is 9.78 Å². The summed E-state index contributed by atoms with van der Waals surface area (Å²) >= 11 is 0. The number of halogens is 2. The van der Waals surface area contributed by atoms with E-state index in [9.17, 15) is 18.8 Å². The van der Waals surface area contributed by atoms with Crippen LogP contribution in [0.4, 0.5) is 8.78 Å². The van der Waals surface area contributed by atoms with Gasteiger partial charge < -0.3 is 5.11 Å². The summed E-state index contributed by atoms with van der Waals surface area (Å²) in [4.78, 5) is 14.6. The second-order valence-electron chi connectivity index (χ2n) is 9.56. The molecule has 0 aliphatic heterocycles. The van der Waals surface area contributed by atoms with E-state index >= 15 is 0 Å². The number of fused-ring (bicyclic) bond motifs is 4. The summed E-state index contributed by atoms with van der Waals surface area (Å²) in [6, 6.07) is 30.4. The number of hydrogen-bond donors (Lipinski definition) is 1. The van der Waals surface area contributed by atoms with Crippen molar-refractivity contribution in [2.75, 3.05) is 0 Å². The molecule has 0 amide bonds. The Bertz CT molecular complexity index is 2020. The van der Waals surface area contributed by atoms with Gasteiger partial charge >= 0.3 is 0 Å². The van der Waals surface area contributed by atoms with Crippen molar-refractivity contribution in [1.82, 2.24) is 4.98 Å². The van der Waals surface area contributed by atoms with Crippen molar-refractivity contribution < 1.29 is 38.8 Å². The van der Waals surface area contributed by atoms with Crippen LogP contribution in [0.25, 0.3) is 54.7 Å². The number of allylic oxidation sites excluding steroid dienone is 2. The van der Waals surface area contributed by atoms with Crippen molar-refractivity contribution in [3.63, 3.8) is 0 Å². The first-order chi connectivity index (χ1) is 19.7. The average Bonchev–Trinajstić information content (AvgIpc) is 2.95. The van der Waals surface area contributed by atoms with E-state index in [1.54, 1.807) is 6.20 Å². The van der Waals surface area contributed by atoms with Crippen LogP contribution in [0.2, 0.25) is 0 Å². The van der Waals surface area contributed by atoms with E-state index < -0.39 is 11.6 Å². The number of carbonyl (C=O) groups is 1. The van der Waals surface area contributed by atoms with Gasteiger partial charge in [-0.1, -0.05) is 53.4 Å². The van der Waals surface area contributed by atoms with Crippen LogP contribution < -0.4 is 0 Å². The SMILES string of the molecule is CC(=O)/C=C(/C)O.N#Cc1cc(-c2nccc3c2ccc2cc(-c4cc(F)cc(F)c4)ccc23)[c-]c2ccccc12.[Ir]. The molecule has 4 nitrogen and oxygen atoms in total. The maximum atomic E-state index is 13.7. The molecule has 1 heterocycles. The number of pyridine rings is 1. The summed E-state index contributed by atoms with van der Waals surface area (Å²) in [6.45, 7) is 2.85. The van der Waals surface area contributed by atoms with Crippen LogP contribution in [0.3, 0.4) is 0 Å². The Hall–Kier alpha value is -4.76. The van der Waals surface area contributed by atoms with Crippen molar-refractivity contribution >= 4 is 38.1 Å². The maximum absolute atomic E-state index is 13.7. The summed E-state index contributed by atoms with van der Waals surface area (Å²) in [5.41, 5.74) is 3.31. The standard InChI is InChI=1S/C30H15F2N2.C5H8O2.Ir/c31-24-14-21(15-25(32)16-24)18-5-7-27-20(11-18)6-8-29-28(27)9-10-34-30(29)22-12-19-3-1-2-4-26(19)23(13-22)17-33;1-4(6)3-5(2)7;/h1-11,13-16H;3,6H,1-2H3;/q-1;;/b;4-3-;. The number of aromatic nitrogens is 1. The van der Waals surface area contributed by atoms with Crippen molar-refractivity contribution in [2.45, 2.75) is 13.8 Å². The summed E-state index contributed by atoms with van der Waals surface area (Å²) < 4.78 is 27.4. The first-order valence-electron chi connectivity index (χ1n) is 12.7. The Labute approximate surface area is 254 Å². The molecule has 0 aliphatic carbocycles. The van der Waals surface area contributed by atoms with Crippen LogP contribution >= 0.6 is 0 Å². The quantitative estimate of drug-likeness (QED) is 0.0854. The van der Waals surface area contributed by atoms with Crippen LogP contribution in [-0.2, 0) is 24.9 Å². The molecule has 1 aromatic heterocycles. The third kappa shape index (κ3) is 6.42. The number of nitrogens with zero attached hydrogens (tertiary/aromatic N) is 2. The van der Waals surface area contributed by atoms with Gasteiger partial charge in [-0.05, 0) is 76.3 Å². The van der Waals surface area contributed by atoms with E-state index in [1.807, 2.05) is 66.7 Å². The molecule has 42 heavy (non-hydrogen) atoms. The predicted octanol–water partition coefficient (Wildman–Crippen LogP) is 8.86. The van der Waals surface area contributed by atoms with Gasteiger partial charge in [0.05, 0.1) is 11.8 Å². The Morgan fingerprint density at radius 1 is 0.857 bits per heavy atom. The molecule has 0 bridgehead atoms. The molecule has 0 unspecified atom stereocenters. The topological polar surface area (TPSA) is 74.0 Å². The minimum absolute atomic E-state index is 0. The first kappa shape index (κ1) is 30.2. The largest absolute Gasteiger partial charge is 0.512 e. The zero-order chi connectivity index (χ0) is 29.1. The molecule has 6 aromatic rings. The molecule has 1 N–H and O–H groups in total. The fourth-order valence-corrected chi connectivity index (χ4v) is 4.85. The number of benzene rings is 5. The van der Waals surface area contributed by atoms with Gasteiger partial charge in [-0.25, -0.2) is 8.78 Å². The van der Waals surface area contributed by atoms with Crippen molar-refractivity contribution in [2.24, 2.45) is 0 Å². The van der Waals surface area contributed by atoms with Crippen LogP contribution in [-0.4, -0.2) is 15.9 Å². The Balaban J connectivity index is 0.000000454. The average molecular weight is 734 g/mol. The minimum atomic E-state index is -0.604. The molecule has 7 heteroatoms.